The Morgan fingerprint density at radius 2 is 1.97 bits per heavy atom. The van der Waals surface area contributed by atoms with Crippen LogP contribution in [0.5, 0.6) is 0 Å². The zero-order valence-corrected chi connectivity index (χ0v) is 18.9. The van der Waals surface area contributed by atoms with Gasteiger partial charge in [0.05, 0.1) is 10.9 Å². The van der Waals surface area contributed by atoms with E-state index >= 15 is 0 Å². The zero-order chi connectivity index (χ0) is 21.8. The Bertz CT molecular complexity index is 1170. The molecular formula is C21H25N5O3S2. The number of hydrogen-bond donors (Lipinski definition) is 1. The molecule has 164 valence electrons. The number of pyridine rings is 1. The molecule has 3 heterocycles. The third-order valence-corrected chi connectivity index (χ3v) is 7.91. The van der Waals surface area contributed by atoms with Gasteiger partial charge in [-0.25, -0.2) is 8.42 Å². The van der Waals surface area contributed by atoms with Crippen molar-refractivity contribution < 1.29 is 13.2 Å². The van der Waals surface area contributed by atoms with Crippen LogP contribution in [-0.2, 0) is 10.0 Å². The van der Waals surface area contributed by atoms with Crippen molar-refractivity contribution in [1.82, 2.24) is 24.2 Å². The molecule has 0 bridgehead atoms. The molecule has 3 aromatic rings. The van der Waals surface area contributed by atoms with Crippen LogP contribution in [0.15, 0.2) is 53.6 Å². The topological polar surface area (TPSA) is 96.7 Å². The van der Waals surface area contributed by atoms with Crippen molar-refractivity contribution in [2.24, 2.45) is 0 Å². The number of benzene rings is 1. The van der Waals surface area contributed by atoms with Gasteiger partial charge < -0.3 is 5.32 Å². The Morgan fingerprint density at radius 3 is 2.74 bits per heavy atom. The highest BCUT2D eigenvalue weighted by Crippen LogP contribution is 2.23. The number of hydrogen-bond acceptors (Lipinski definition) is 6. The van der Waals surface area contributed by atoms with Crippen molar-refractivity contribution in [1.29, 1.82) is 0 Å². The maximum absolute atomic E-state index is 13.1. The summed E-state index contributed by atoms with van der Waals surface area (Å²) in [4.78, 5) is 13.2. The number of amides is 1. The molecule has 8 nitrogen and oxygen atoms in total. The van der Waals surface area contributed by atoms with Crippen molar-refractivity contribution in [3.05, 3.63) is 60.0 Å². The lowest BCUT2D eigenvalue weighted by Crippen LogP contribution is -2.31. The van der Waals surface area contributed by atoms with Crippen LogP contribution in [0.25, 0.3) is 5.65 Å². The molecular weight excluding hydrogens is 434 g/mol. The van der Waals surface area contributed by atoms with E-state index in [2.05, 4.69) is 15.5 Å². The van der Waals surface area contributed by atoms with Gasteiger partial charge in [-0.15, -0.1) is 10.2 Å². The highest BCUT2D eigenvalue weighted by Gasteiger charge is 2.28. The van der Waals surface area contributed by atoms with Gasteiger partial charge in [-0.05, 0) is 61.6 Å². The molecule has 1 aromatic carbocycles. The van der Waals surface area contributed by atoms with E-state index in [0.717, 1.165) is 18.6 Å². The number of nitrogens with one attached hydrogen (secondary N) is 1. The largest absolute Gasteiger partial charge is 0.342 e. The van der Waals surface area contributed by atoms with E-state index < -0.39 is 10.0 Å². The zero-order valence-electron chi connectivity index (χ0n) is 17.3. The van der Waals surface area contributed by atoms with Crippen LogP contribution in [0.2, 0.25) is 0 Å². The van der Waals surface area contributed by atoms with Gasteiger partial charge >= 0.3 is 0 Å². The normalized spacial score (nSPS) is 15.9. The van der Waals surface area contributed by atoms with Crippen LogP contribution in [-0.4, -0.2) is 58.3 Å². The third-order valence-electron chi connectivity index (χ3n) is 5.37. The van der Waals surface area contributed by atoms with Gasteiger partial charge in [-0.3, -0.25) is 9.20 Å². The van der Waals surface area contributed by atoms with Crippen molar-refractivity contribution in [3.63, 3.8) is 0 Å². The minimum atomic E-state index is -3.59. The fourth-order valence-corrected chi connectivity index (χ4v) is 5.75. The van der Waals surface area contributed by atoms with Crippen molar-refractivity contribution in [3.8, 4) is 0 Å². The smallest absolute Gasteiger partial charge is 0.251 e. The quantitative estimate of drug-likeness (QED) is 0.556. The Balaban J connectivity index is 1.59. The van der Waals surface area contributed by atoms with Crippen LogP contribution in [0.1, 0.15) is 41.5 Å². The van der Waals surface area contributed by atoms with Gasteiger partial charge in [0.15, 0.2) is 11.5 Å². The molecule has 1 saturated heterocycles. The lowest BCUT2D eigenvalue weighted by Gasteiger charge is -2.18. The minimum Gasteiger partial charge on any atom is -0.342 e. The van der Waals surface area contributed by atoms with E-state index in [1.807, 2.05) is 35.1 Å². The molecule has 1 fully saturated rings. The highest BCUT2D eigenvalue weighted by atomic mass is 32.2. The molecule has 0 saturated carbocycles. The van der Waals surface area contributed by atoms with Crippen molar-refractivity contribution in [2.75, 3.05) is 25.1 Å². The lowest BCUT2D eigenvalue weighted by atomic mass is 10.1. The summed E-state index contributed by atoms with van der Waals surface area (Å²) in [6, 6.07) is 11.5. The van der Waals surface area contributed by atoms with E-state index in [1.165, 1.54) is 10.4 Å². The molecule has 1 aliphatic rings. The maximum Gasteiger partial charge on any atom is 0.251 e. The van der Waals surface area contributed by atoms with Crippen molar-refractivity contribution in [2.45, 2.75) is 30.2 Å². The molecule has 4 rings (SSSR count). The van der Waals surface area contributed by atoms with E-state index in [4.69, 9.17) is 0 Å². The van der Waals surface area contributed by atoms with Gasteiger partial charge in [0, 0.05) is 24.8 Å². The third kappa shape index (κ3) is 4.60. The molecule has 31 heavy (non-hydrogen) atoms. The number of thioether (sulfide) groups is 1. The molecule has 0 radical (unpaired) electrons. The summed E-state index contributed by atoms with van der Waals surface area (Å²) in [5.74, 6) is 1.15. The first-order valence-electron chi connectivity index (χ1n) is 10.2. The monoisotopic (exact) mass is 459 g/mol. The first-order valence-corrected chi connectivity index (χ1v) is 13.0. The Labute approximate surface area is 186 Å². The van der Waals surface area contributed by atoms with Crippen LogP contribution in [0.3, 0.4) is 0 Å². The Hall–Kier alpha value is -2.43. The maximum atomic E-state index is 13.1. The average Bonchev–Trinajstić information content (AvgIpc) is 3.47. The predicted molar refractivity (Wildman–Crippen MR) is 121 cm³/mol. The van der Waals surface area contributed by atoms with E-state index in [0.29, 0.717) is 36.5 Å². The molecule has 2 aromatic heterocycles. The summed E-state index contributed by atoms with van der Waals surface area (Å²) >= 11 is 1.68. The second-order valence-corrected chi connectivity index (χ2v) is 10.4. The summed E-state index contributed by atoms with van der Waals surface area (Å²) in [6.45, 7) is 1.05. The number of nitrogens with zero attached hydrogens (tertiary/aromatic N) is 4. The van der Waals surface area contributed by atoms with Crippen molar-refractivity contribution >= 4 is 33.3 Å². The highest BCUT2D eigenvalue weighted by molar-refractivity contribution is 7.98. The van der Waals surface area contributed by atoms with Gasteiger partial charge in [0.1, 0.15) is 0 Å². The first-order chi connectivity index (χ1) is 15.0. The molecule has 1 amide bonds. The predicted octanol–water partition coefficient (Wildman–Crippen LogP) is 2.74. The fraction of sp³-hybridized carbons (Fsp3) is 0.381. The fourth-order valence-electron chi connectivity index (χ4n) is 3.72. The summed E-state index contributed by atoms with van der Waals surface area (Å²) in [5.41, 5.74) is 1.02. The number of aromatic nitrogens is 3. The number of rotatable bonds is 8. The van der Waals surface area contributed by atoms with Crippen LogP contribution in [0, 0.1) is 0 Å². The van der Waals surface area contributed by atoms with Crippen LogP contribution < -0.4 is 5.32 Å². The summed E-state index contributed by atoms with van der Waals surface area (Å²) in [6.07, 6.45) is 6.28. The van der Waals surface area contributed by atoms with Gasteiger partial charge in [0.2, 0.25) is 10.0 Å². The van der Waals surface area contributed by atoms with E-state index in [1.54, 1.807) is 30.0 Å². The molecule has 1 aliphatic heterocycles. The van der Waals surface area contributed by atoms with Gasteiger partial charge in [-0.1, -0.05) is 12.1 Å². The number of carbonyl (C=O) groups is 1. The lowest BCUT2D eigenvalue weighted by molar-refractivity contribution is 0.0933. The average molecular weight is 460 g/mol. The summed E-state index contributed by atoms with van der Waals surface area (Å²) in [5, 5.41) is 11.5. The molecule has 0 aliphatic carbocycles. The van der Waals surface area contributed by atoms with Crippen LogP contribution >= 0.6 is 11.8 Å². The number of fused-ring (bicyclic) bond motifs is 1. The second kappa shape index (κ2) is 9.37. The Morgan fingerprint density at radius 1 is 1.16 bits per heavy atom. The Kier molecular flexibility index (Phi) is 6.59. The van der Waals surface area contributed by atoms with Gasteiger partial charge in [0.25, 0.3) is 5.91 Å². The van der Waals surface area contributed by atoms with E-state index in [-0.39, 0.29) is 16.8 Å². The molecule has 1 atom stereocenters. The first kappa shape index (κ1) is 21.8. The van der Waals surface area contributed by atoms with Gasteiger partial charge in [-0.2, -0.15) is 16.1 Å². The second-order valence-electron chi connectivity index (χ2n) is 7.43. The minimum absolute atomic E-state index is 0.149. The van der Waals surface area contributed by atoms with Crippen LogP contribution in [0.4, 0.5) is 0 Å². The SMILES string of the molecule is CSCCC(NC(=O)c1cccc(S(=O)(=O)N2CCCC2)c1)c1nnc2ccccn12. The summed E-state index contributed by atoms with van der Waals surface area (Å²) in [7, 11) is -3.59. The molecule has 1 unspecified atom stereocenters. The molecule has 10 heteroatoms. The molecule has 0 spiro atoms. The molecule has 1 N–H and O–H groups in total. The summed E-state index contributed by atoms with van der Waals surface area (Å²) < 4.78 is 29.1. The number of carbonyl (C=O) groups excluding carboxylic acids is 1. The number of sulfonamides is 1. The van der Waals surface area contributed by atoms with E-state index in [9.17, 15) is 13.2 Å². The standard InChI is InChI=1S/C21H25N5O3S2/c1-30-14-10-18(20-24-23-19-9-2-3-13-26(19)20)22-21(27)16-7-6-8-17(15-16)31(28,29)25-11-4-5-12-25/h2-3,6-9,13,15,18H,4-5,10-12,14H2,1H3,(H,22,27).